The molecule has 1 aliphatic rings. The van der Waals surface area contributed by atoms with Gasteiger partial charge in [-0.3, -0.25) is 4.79 Å². The van der Waals surface area contributed by atoms with E-state index in [0.717, 1.165) is 6.42 Å². The molecule has 2 rings (SSSR count). The van der Waals surface area contributed by atoms with Crippen molar-refractivity contribution in [2.45, 2.75) is 31.8 Å². The van der Waals surface area contributed by atoms with Crippen LogP contribution in [0.2, 0.25) is 10.0 Å². The van der Waals surface area contributed by atoms with Crippen LogP contribution in [0.5, 0.6) is 0 Å². The van der Waals surface area contributed by atoms with Gasteiger partial charge in [0.15, 0.2) is 0 Å². The molecule has 1 aliphatic heterocycles. The number of nitrogens with zero attached hydrogens (tertiary/aromatic N) is 1. The van der Waals surface area contributed by atoms with E-state index < -0.39 is 5.60 Å². The smallest absolute Gasteiger partial charge is 0.256 e. The minimum absolute atomic E-state index is 0.159. The van der Waals surface area contributed by atoms with Crippen LogP contribution in [0.3, 0.4) is 0 Å². The zero-order valence-corrected chi connectivity index (χ0v) is 12.3. The highest BCUT2D eigenvalue weighted by Crippen LogP contribution is 2.28. The van der Waals surface area contributed by atoms with Crippen LogP contribution in [-0.4, -0.2) is 34.6 Å². The van der Waals surface area contributed by atoms with Crippen LogP contribution in [0.4, 0.5) is 0 Å². The fourth-order valence-electron chi connectivity index (χ4n) is 2.33. The van der Waals surface area contributed by atoms with Crippen molar-refractivity contribution in [3.05, 3.63) is 33.8 Å². The van der Waals surface area contributed by atoms with Crippen LogP contribution >= 0.6 is 23.2 Å². The minimum atomic E-state index is -0.695. The molecule has 1 heterocycles. The van der Waals surface area contributed by atoms with Gasteiger partial charge in [0.1, 0.15) is 0 Å². The van der Waals surface area contributed by atoms with Crippen LogP contribution in [0, 0.1) is 0 Å². The second-order valence-electron chi connectivity index (χ2n) is 5.24. The second-order valence-corrected chi connectivity index (χ2v) is 6.05. The molecule has 1 N–H and O–H groups in total. The molecule has 1 unspecified atom stereocenters. The second kappa shape index (κ2) is 5.70. The third-order valence-electron chi connectivity index (χ3n) is 3.53. The van der Waals surface area contributed by atoms with Gasteiger partial charge in [-0.05, 0) is 38.3 Å². The van der Waals surface area contributed by atoms with Gasteiger partial charge >= 0.3 is 0 Å². The molecule has 0 saturated carbocycles. The standard InChI is InChI=1S/C14H17Cl2NO2/c1-14(19)6-3-8-17(9-7-14)13(18)12-10(15)4-2-5-11(12)16/h2,4-5,19H,3,6-9H2,1H3. The molecule has 0 aromatic heterocycles. The van der Waals surface area contributed by atoms with E-state index in [1.807, 2.05) is 6.92 Å². The summed E-state index contributed by atoms with van der Waals surface area (Å²) < 4.78 is 0. The van der Waals surface area contributed by atoms with E-state index in [2.05, 4.69) is 0 Å². The molecule has 0 spiro atoms. The van der Waals surface area contributed by atoms with Gasteiger partial charge in [0.25, 0.3) is 5.91 Å². The maximum absolute atomic E-state index is 12.5. The molecule has 19 heavy (non-hydrogen) atoms. The highest BCUT2D eigenvalue weighted by atomic mass is 35.5. The first kappa shape index (κ1) is 14.6. The molecule has 0 radical (unpaired) electrons. The first-order chi connectivity index (χ1) is 8.91. The highest BCUT2D eigenvalue weighted by molar-refractivity contribution is 6.39. The molecule has 5 heteroatoms. The molecule has 1 saturated heterocycles. The van der Waals surface area contributed by atoms with Crippen molar-refractivity contribution in [3.63, 3.8) is 0 Å². The summed E-state index contributed by atoms with van der Waals surface area (Å²) >= 11 is 12.1. The van der Waals surface area contributed by atoms with Crippen LogP contribution in [-0.2, 0) is 0 Å². The summed E-state index contributed by atoms with van der Waals surface area (Å²) in [6.07, 6.45) is 2.05. The number of hydrogen-bond donors (Lipinski definition) is 1. The van der Waals surface area contributed by atoms with Crippen LogP contribution in [0.25, 0.3) is 0 Å². The fourth-order valence-corrected chi connectivity index (χ4v) is 2.89. The fraction of sp³-hybridized carbons (Fsp3) is 0.500. The Morgan fingerprint density at radius 2 is 1.89 bits per heavy atom. The maximum Gasteiger partial charge on any atom is 0.256 e. The number of benzene rings is 1. The number of likely N-dealkylation sites (tertiary alicyclic amines) is 1. The predicted molar refractivity (Wildman–Crippen MR) is 76.8 cm³/mol. The van der Waals surface area contributed by atoms with E-state index in [-0.39, 0.29) is 5.91 Å². The average molecular weight is 302 g/mol. The number of aliphatic hydroxyl groups is 1. The number of hydrogen-bond acceptors (Lipinski definition) is 2. The molecule has 0 aliphatic carbocycles. The highest BCUT2D eigenvalue weighted by Gasteiger charge is 2.28. The van der Waals surface area contributed by atoms with Gasteiger partial charge in [0.2, 0.25) is 0 Å². The Hall–Kier alpha value is -0.770. The normalized spacial score (nSPS) is 24.1. The molecule has 1 aromatic rings. The third-order valence-corrected chi connectivity index (χ3v) is 4.16. The summed E-state index contributed by atoms with van der Waals surface area (Å²) in [6.45, 7) is 2.95. The lowest BCUT2D eigenvalue weighted by molar-refractivity contribution is 0.0438. The molecular formula is C14H17Cl2NO2. The molecule has 1 amide bonds. The third kappa shape index (κ3) is 3.41. The SMILES string of the molecule is CC1(O)CCCN(C(=O)c2c(Cl)cccc2Cl)CC1. The molecule has 1 atom stereocenters. The number of rotatable bonds is 1. The molecule has 1 fully saturated rings. The Labute approximate surface area is 123 Å². The molecule has 1 aromatic carbocycles. The summed E-state index contributed by atoms with van der Waals surface area (Å²) in [5, 5.41) is 10.8. The van der Waals surface area contributed by atoms with Gasteiger partial charge in [0, 0.05) is 13.1 Å². The number of carbonyl (C=O) groups is 1. The van der Waals surface area contributed by atoms with Crippen molar-refractivity contribution in [2.75, 3.05) is 13.1 Å². The minimum Gasteiger partial charge on any atom is -0.390 e. The Morgan fingerprint density at radius 1 is 1.26 bits per heavy atom. The number of halogens is 2. The average Bonchev–Trinajstić information content (AvgIpc) is 2.50. The molecule has 3 nitrogen and oxygen atoms in total. The largest absolute Gasteiger partial charge is 0.390 e. The summed E-state index contributed by atoms with van der Waals surface area (Å²) in [7, 11) is 0. The van der Waals surface area contributed by atoms with Gasteiger partial charge in [-0.1, -0.05) is 29.3 Å². The van der Waals surface area contributed by atoms with Gasteiger partial charge in [-0.2, -0.15) is 0 Å². The molecular weight excluding hydrogens is 285 g/mol. The van der Waals surface area contributed by atoms with Gasteiger partial charge in [0.05, 0.1) is 21.2 Å². The van der Waals surface area contributed by atoms with Crippen molar-refractivity contribution in [1.82, 2.24) is 4.90 Å². The quantitative estimate of drug-likeness (QED) is 0.864. The monoisotopic (exact) mass is 301 g/mol. The van der Waals surface area contributed by atoms with E-state index in [1.54, 1.807) is 23.1 Å². The van der Waals surface area contributed by atoms with E-state index in [1.165, 1.54) is 0 Å². The predicted octanol–water partition coefficient (Wildman–Crippen LogP) is 3.37. The van der Waals surface area contributed by atoms with E-state index in [9.17, 15) is 9.90 Å². The van der Waals surface area contributed by atoms with Crippen molar-refractivity contribution in [1.29, 1.82) is 0 Å². The number of amides is 1. The lowest BCUT2D eigenvalue weighted by Crippen LogP contribution is -2.33. The van der Waals surface area contributed by atoms with Gasteiger partial charge in [-0.15, -0.1) is 0 Å². The summed E-state index contributed by atoms with van der Waals surface area (Å²) in [4.78, 5) is 14.2. The van der Waals surface area contributed by atoms with E-state index in [4.69, 9.17) is 23.2 Å². The van der Waals surface area contributed by atoms with Gasteiger partial charge < -0.3 is 10.0 Å². The van der Waals surface area contributed by atoms with Crippen LogP contribution in [0.15, 0.2) is 18.2 Å². The summed E-state index contributed by atoms with van der Waals surface area (Å²) in [5.41, 5.74) is -0.341. The first-order valence-electron chi connectivity index (χ1n) is 6.36. The Kier molecular flexibility index (Phi) is 4.39. The summed E-state index contributed by atoms with van der Waals surface area (Å²) in [5.74, 6) is -0.159. The Morgan fingerprint density at radius 3 is 2.53 bits per heavy atom. The zero-order chi connectivity index (χ0) is 14.0. The van der Waals surface area contributed by atoms with E-state index >= 15 is 0 Å². The van der Waals surface area contributed by atoms with Gasteiger partial charge in [-0.25, -0.2) is 0 Å². The summed E-state index contributed by atoms with van der Waals surface area (Å²) in [6, 6.07) is 5.04. The Bertz CT molecular complexity index is 468. The molecule has 0 bridgehead atoms. The van der Waals surface area contributed by atoms with Crippen LogP contribution < -0.4 is 0 Å². The lowest BCUT2D eigenvalue weighted by atomic mass is 9.98. The topological polar surface area (TPSA) is 40.5 Å². The molecule has 104 valence electrons. The van der Waals surface area contributed by atoms with E-state index in [0.29, 0.717) is 41.5 Å². The number of carbonyl (C=O) groups excluding carboxylic acids is 1. The van der Waals surface area contributed by atoms with Crippen molar-refractivity contribution in [3.8, 4) is 0 Å². The van der Waals surface area contributed by atoms with Crippen LogP contribution in [0.1, 0.15) is 36.5 Å². The van der Waals surface area contributed by atoms with Crippen molar-refractivity contribution >= 4 is 29.1 Å². The maximum atomic E-state index is 12.5. The van der Waals surface area contributed by atoms with Crippen molar-refractivity contribution in [2.24, 2.45) is 0 Å². The Balaban J connectivity index is 2.20. The van der Waals surface area contributed by atoms with Crippen molar-refractivity contribution < 1.29 is 9.90 Å². The lowest BCUT2D eigenvalue weighted by Gasteiger charge is -2.23. The zero-order valence-electron chi connectivity index (χ0n) is 10.8. The first-order valence-corrected chi connectivity index (χ1v) is 7.12.